The summed E-state index contributed by atoms with van der Waals surface area (Å²) < 4.78 is 14.0. The monoisotopic (exact) mass is 252 g/mol. The van der Waals surface area contributed by atoms with Gasteiger partial charge in [0, 0.05) is 19.1 Å². The molecule has 1 aliphatic rings. The van der Waals surface area contributed by atoms with E-state index in [0.717, 1.165) is 18.5 Å². The molecule has 3 nitrogen and oxygen atoms in total. The van der Waals surface area contributed by atoms with Crippen molar-refractivity contribution in [2.45, 2.75) is 32.4 Å². The van der Waals surface area contributed by atoms with Crippen molar-refractivity contribution in [1.29, 1.82) is 0 Å². The van der Waals surface area contributed by atoms with Crippen LogP contribution in [0.25, 0.3) is 0 Å². The van der Waals surface area contributed by atoms with Crippen LogP contribution >= 0.6 is 0 Å². The van der Waals surface area contributed by atoms with Crippen molar-refractivity contribution in [3.63, 3.8) is 0 Å². The molecule has 0 aromatic heterocycles. The average Bonchev–Trinajstić information content (AvgIpc) is 2.32. The van der Waals surface area contributed by atoms with E-state index < -0.39 is 6.10 Å². The summed E-state index contributed by atoms with van der Waals surface area (Å²) in [6.07, 6.45) is 0.466. The van der Waals surface area contributed by atoms with Crippen LogP contribution in [0.1, 0.15) is 31.9 Å². The number of benzene rings is 1. The molecule has 0 aliphatic carbocycles. The van der Waals surface area contributed by atoms with Crippen molar-refractivity contribution in [2.24, 2.45) is 11.7 Å². The number of aliphatic hydroxyl groups is 1. The Hall–Kier alpha value is -1.13. The summed E-state index contributed by atoms with van der Waals surface area (Å²) in [6.45, 7) is 5.11. The standard InChI is InChI=1S/C14H21FN2O/c1-9-6-7-17(8-13(9)18)14-11(10(2)16)4-3-5-12(14)15/h3-5,9-10,13,18H,6-8,16H2,1-2H3/t9?,10-,13?/m1/s1. The number of hydrogen-bond acceptors (Lipinski definition) is 3. The van der Waals surface area contributed by atoms with Crippen LogP contribution in [0.3, 0.4) is 0 Å². The Morgan fingerprint density at radius 2 is 2.22 bits per heavy atom. The first kappa shape index (κ1) is 13.3. The lowest BCUT2D eigenvalue weighted by atomic mass is 9.94. The van der Waals surface area contributed by atoms with Gasteiger partial charge in [0.2, 0.25) is 0 Å². The Labute approximate surface area is 107 Å². The summed E-state index contributed by atoms with van der Waals surface area (Å²) in [5, 5.41) is 9.93. The first-order valence-corrected chi connectivity index (χ1v) is 6.47. The van der Waals surface area contributed by atoms with Crippen LogP contribution < -0.4 is 10.6 Å². The zero-order valence-electron chi connectivity index (χ0n) is 10.9. The van der Waals surface area contributed by atoms with E-state index in [4.69, 9.17) is 5.73 Å². The van der Waals surface area contributed by atoms with Gasteiger partial charge in [0.1, 0.15) is 5.82 Å². The Balaban J connectivity index is 2.33. The number of piperidine rings is 1. The molecule has 2 rings (SSSR count). The molecule has 18 heavy (non-hydrogen) atoms. The second-order valence-corrected chi connectivity index (χ2v) is 5.25. The van der Waals surface area contributed by atoms with E-state index in [1.807, 2.05) is 24.8 Å². The molecule has 0 saturated carbocycles. The second-order valence-electron chi connectivity index (χ2n) is 5.25. The van der Waals surface area contributed by atoms with Gasteiger partial charge >= 0.3 is 0 Å². The predicted octanol–water partition coefficient (Wildman–Crippen LogP) is 2.05. The zero-order chi connectivity index (χ0) is 13.3. The first-order valence-electron chi connectivity index (χ1n) is 6.47. The number of anilines is 1. The highest BCUT2D eigenvalue weighted by Crippen LogP contribution is 2.31. The molecule has 0 spiro atoms. The Kier molecular flexibility index (Phi) is 3.88. The Bertz CT molecular complexity index is 422. The smallest absolute Gasteiger partial charge is 0.146 e. The molecule has 1 saturated heterocycles. The second kappa shape index (κ2) is 5.24. The topological polar surface area (TPSA) is 49.5 Å². The van der Waals surface area contributed by atoms with E-state index in [9.17, 15) is 9.50 Å². The van der Waals surface area contributed by atoms with Crippen LogP contribution in [0, 0.1) is 11.7 Å². The fourth-order valence-corrected chi connectivity index (χ4v) is 2.49. The number of nitrogens with two attached hydrogens (primary N) is 1. The molecule has 0 amide bonds. The minimum Gasteiger partial charge on any atom is -0.391 e. The number of aliphatic hydroxyl groups excluding tert-OH is 1. The minimum atomic E-state index is -0.403. The third kappa shape index (κ3) is 2.49. The molecule has 1 heterocycles. The quantitative estimate of drug-likeness (QED) is 0.847. The molecule has 2 unspecified atom stereocenters. The van der Waals surface area contributed by atoms with Crippen molar-refractivity contribution < 1.29 is 9.50 Å². The van der Waals surface area contributed by atoms with Gasteiger partial charge in [-0.1, -0.05) is 19.1 Å². The van der Waals surface area contributed by atoms with Crippen molar-refractivity contribution in [3.05, 3.63) is 29.6 Å². The lowest BCUT2D eigenvalue weighted by Crippen LogP contribution is -2.43. The van der Waals surface area contributed by atoms with Gasteiger partial charge < -0.3 is 15.7 Å². The van der Waals surface area contributed by atoms with E-state index in [1.165, 1.54) is 6.07 Å². The Morgan fingerprint density at radius 3 is 2.83 bits per heavy atom. The SMILES string of the molecule is CC1CCN(c2c(F)cccc2[C@@H](C)N)CC1O. The highest BCUT2D eigenvalue weighted by atomic mass is 19.1. The number of hydrogen-bond donors (Lipinski definition) is 2. The largest absolute Gasteiger partial charge is 0.391 e. The third-order valence-electron chi connectivity index (χ3n) is 3.74. The van der Waals surface area contributed by atoms with Crippen LogP contribution in [0.5, 0.6) is 0 Å². The molecule has 0 bridgehead atoms. The van der Waals surface area contributed by atoms with Crippen LogP contribution in [0.15, 0.2) is 18.2 Å². The zero-order valence-corrected chi connectivity index (χ0v) is 10.9. The summed E-state index contributed by atoms with van der Waals surface area (Å²) in [7, 11) is 0. The van der Waals surface area contributed by atoms with Gasteiger partial charge in [-0.25, -0.2) is 4.39 Å². The summed E-state index contributed by atoms with van der Waals surface area (Å²) >= 11 is 0. The molecular formula is C14H21FN2O. The average molecular weight is 252 g/mol. The third-order valence-corrected chi connectivity index (χ3v) is 3.74. The van der Waals surface area contributed by atoms with Crippen molar-refractivity contribution >= 4 is 5.69 Å². The molecule has 4 heteroatoms. The van der Waals surface area contributed by atoms with Gasteiger partial charge in [-0.3, -0.25) is 0 Å². The van der Waals surface area contributed by atoms with Crippen molar-refractivity contribution in [1.82, 2.24) is 0 Å². The lowest BCUT2D eigenvalue weighted by Gasteiger charge is -2.37. The van der Waals surface area contributed by atoms with Gasteiger partial charge in [0.25, 0.3) is 0 Å². The highest BCUT2D eigenvalue weighted by molar-refractivity contribution is 5.56. The number of β-amino-alcohol motifs (C(OH)–C–C–N with tert-alkyl or cyclic N) is 1. The summed E-state index contributed by atoms with van der Waals surface area (Å²) in [5.74, 6) is 0.0123. The molecular weight excluding hydrogens is 231 g/mol. The highest BCUT2D eigenvalue weighted by Gasteiger charge is 2.27. The van der Waals surface area contributed by atoms with Crippen molar-refractivity contribution in [2.75, 3.05) is 18.0 Å². The summed E-state index contributed by atoms with van der Waals surface area (Å²) in [4.78, 5) is 1.92. The first-order chi connectivity index (χ1) is 8.50. The number of halogens is 1. The molecule has 1 aliphatic heterocycles. The molecule has 0 radical (unpaired) electrons. The van der Waals surface area contributed by atoms with Gasteiger partial charge in [0.05, 0.1) is 11.8 Å². The van der Waals surface area contributed by atoms with Crippen LogP contribution in [0.2, 0.25) is 0 Å². The molecule has 3 N–H and O–H groups in total. The molecule has 1 fully saturated rings. The van der Waals surface area contributed by atoms with Gasteiger partial charge in [-0.05, 0) is 30.9 Å². The van der Waals surface area contributed by atoms with E-state index in [1.54, 1.807) is 6.07 Å². The maximum absolute atomic E-state index is 14.0. The predicted molar refractivity (Wildman–Crippen MR) is 71.0 cm³/mol. The molecule has 100 valence electrons. The van der Waals surface area contributed by atoms with E-state index in [-0.39, 0.29) is 17.8 Å². The molecule has 1 aromatic rings. The summed E-state index contributed by atoms with van der Waals surface area (Å²) in [5.41, 5.74) is 7.25. The van der Waals surface area contributed by atoms with Crippen LogP contribution in [0.4, 0.5) is 10.1 Å². The van der Waals surface area contributed by atoms with Gasteiger partial charge in [-0.15, -0.1) is 0 Å². The van der Waals surface area contributed by atoms with Gasteiger partial charge in [0.15, 0.2) is 0 Å². The minimum absolute atomic E-state index is 0.216. The molecule has 1 aromatic carbocycles. The van der Waals surface area contributed by atoms with Crippen molar-refractivity contribution in [3.8, 4) is 0 Å². The summed E-state index contributed by atoms with van der Waals surface area (Å²) in [6, 6.07) is 4.77. The lowest BCUT2D eigenvalue weighted by molar-refractivity contribution is 0.102. The van der Waals surface area contributed by atoms with E-state index in [2.05, 4.69) is 0 Å². The van der Waals surface area contributed by atoms with E-state index >= 15 is 0 Å². The number of para-hydroxylation sites is 1. The van der Waals surface area contributed by atoms with Crippen LogP contribution in [-0.4, -0.2) is 24.3 Å². The Morgan fingerprint density at radius 1 is 1.50 bits per heavy atom. The normalized spacial score (nSPS) is 26.2. The fraction of sp³-hybridized carbons (Fsp3) is 0.571. The van der Waals surface area contributed by atoms with E-state index in [0.29, 0.717) is 12.2 Å². The van der Waals surface area contributed by atoms with Crippen LogP contribution in [-0.2, 0) is 0 Å². The molecule has 3 atom stereocenters. The number of rotatable bonds is 2. The maximum Gasteiger partial charge on any atom is 0.146 e. The number of nitrogens with zero attached hydrogens (tertiary/aromatic N) is 1. The maximum atomic E-state index is 14.0. The van der Waals surface area contributed by atoms with Gasteiger partial charge in [-0.2, -0.15) is 0 Å². The fourth-order valence-electron chi connectivity index (χ4n) is 2.49.